The van der Waals surface area contributed by atoms with E-state index < -0.39 is 0 Å². The Morgan fingerprint density at radius 2 is 2.05 bits per heavy atom. The smallest absolute Gasteiger partial charge is 0.160 e. The Morgan fingerprint density at radius 1 is 1.32 bits per heavy atom. The van der Waals surface area contributed by atoms with Gasteiger partial charge in [0.1, 0.15) is 0 Å². The lowest BCUT2D eigenvalue weighted by molar-refractivity contribution is -0.117. The second-order valence-corrected chi connectivity index (χ2v) is 7.34. The molecule has 2 heteroatoms. The van der Waals surface area contributed by atoms with Gasteiger partial charge in [0, 0.05) is 23.9 Å². The van der Waals surface area contributed by atoms with E-state index in [1.54, 1.807) is 0 Å². The monoisotopic (exact) mass is 299 g/mol. The molecule has 0 saturated heterocycles. The standard InChI is InChI=1S/C20H29NO/c1-6-20(4,5)17-9-10-19(22)16(12-17)13-21-18-11-14(2)7-8-15(18)3/h7-8,11,13,17,21H,6,9-10,12H2,1-5H3/b16-13+/t17-/m1/s1. The van der Waals surface area contributed by atoms with Crippen LogP contribution in [0.15, 0.2) is 30.0 Å². The summed E-state index contributed by atoms with van der Waals surface area (Å²) in [5.41, 5.74) is 4.79. The fourth-order valence-corrected chi connectivity index (χ4v) is 3.10. The molecule has 1 atom stereocenters. The van der Waals surface area contributed by atoms with Crippen LogP contribution in [0.2, 0.25) is 0 Å². The number of hydrogen-bond acceptors (Lipinski definition) is 2. The molecule has 0 unspecified atom stereocenters. The molecule has 1 aromatic carbocycles. The van der Waals surface area contributed by atoms with E-state index in [0.717, 1.165) is 30.5 Å². The van der Waals surface area contributed by atoms with Gasteiger partial charge in [-0.3, -0.25) is 4.79 Å². The van der Waals surface area contributed by atoms with E-state index in [-0.39, 0.29) is 0 Å². The number of hydrogen-bond donors (Lipinski definition) is 1. The molecule has 1 N–H and O–H groups in total. The van der Waals surface area contributed by atoms with Gasteiger partial charge in [0.15, 0.2) is 5.78 Å². The van der Waals surface area contributed by atoms with E-state index in [1.807, 2.05) is 6.20 Å². The van der Waals surface area contributed by atoms with Crippen molar-refractivity contribution in [3.8, 4) is 0 Å². The molecule has 0 amide bonds. The van der Waals surface area contributed by atoms with Crippen LogP contribution < -0.4 is 5.32 Å². The minimum atomic E-state index is 0.305. The predicted octanol–water partition coefficient (Wildman–Crippen LogP) is 5.40. The Hall–Kier alpha value is -1.57. The first kappa shape index (κ1) is 16.8. The van der Waals surface area contributed by atoms with E-state index in [1.165, 1.54) is 11.1 Å². The van der Waals surface area contributed by atoms with Gasteiger partial charge in [0.2, 0.25) is 0 Å². The number of aryl methyl sites for hydroxylation is 2. The first-order valence-corrected chi connectivity index (χ1v) is 8.39. The third-order valence-corrected chi connectivity index (χ3v) is 5.36. The SMILES string of the molecule is CCC(C)(C)[C@@H]1CCC(=O)/C(=C/Nc2cc(C)ccc2C)C1. The maximum absolute atomic E-state index is 12.2. The first-order valence-electron chi connectivity index (χ1n) is 8.39. The van der Waals surface area contributed by atoms with Gasteiger partial charge in [0.25, 0.3) is 0 Å². The van der Waals surface area contributed by atoms with Crippen molar-refractivity contribution in [1.29, 1.82) is 0 Å². The number of allylic oxidation sites excluding steroid dienone is 1. The van der Waals surface area contributed by atoms with Gasteiger partial charge < -0.3 is 5.32 Å². The van der Waals surface area contributed by atoms with Gasteiger partial charge in [-0.05, 0) is 55.2 Å². The zero-order valence-electron chi connectivity index (χ0n) is 14.6. The molecule has 0 aliphatic heterocycles. The maximum atomic E-state index is 12.2. The van der Waals surface area contributed by atoms with Crippen molar-refractivity contribution < 1.29 is 4.79 Å². The summed E-state index contributed by atoms with van der Waals surface area (Å²) in [6, 6.07) is 6.36. The molecule has 0 radical (unpaired) electrons. The van der Waals surface area contributed by atoms with Crippen LogP contribution in [-0.4, -0.2) is 5.78 Å². The van der Waals surface area contributed by atoms with Crippen LogP contribution in [0.1, 0.15) is 57.6 Å². The van der Waals surface area contributed by atoms with E-state index in [4.69, 9.17) is 0 Å². The average molecular weight is 299 g/mol. The highest BCUT2D eigenvalue weighted by Crippen LogP contribution is 2.41. The molecule has 0 aromatic heterocycles. The summed E-state index contributed by atoms with van der Waals surface area (Å²) in [4.78, 5) is 12.2. The van der Waals surface area contributed by atoms with Crippen LogP contribution in [0.25, 0.3) is 0 Å². The Balaban J connectivity index is 2.15. The molecule has 1 fully saturated rings. The van der Waals surface area contributed by atoms with Crippen LogP contribution in [0.3, 0.4) is 0 Å². The van der Waals surface area contributed by atoms with Gasteiger partial charge in [-0.25, -0.2) is 0 Å². The van der Waals surface area contributed by atoms with Gasteiger partial charge >= 0.3 is 0 Å². The molecule has 2 rings (SSSR count). The van der Waals surface area contributed by atoms with Crippen molar-refractivity contribution in [3.63, 3.8) is 0 Å². The van der Waals surface area contributed by atoms with Crippen LogP contribution >= 0.6 is 0 Å². The summed E-state index contributed by atoms with van der Waals surface area (Å²) in [5.74, 6) is 0.905. The number of carbonyl (C=O) groups excluding carboxylic acids is 1. The topological polar surface area (TPSA) is 29.1 Å². The number of nitrogens with one attached hydrogen (secondary N) is 1. The van der Waals surface area contributed by atoms with Gasteiger partial charge in [-0.2, -0.15) is 0 Å². The molecule has 22 heavy (non-hydrogen) atoms. The molecule has 0 spiro atoms. The third-order valence-electron chi connectivity index (χ3n) is 5.36. The van der Waals surface area contributed by atoms with E-state index in [0.29, 0.717) is 23.5 Å². The van der Waals surface area contributed by atoms with Crippen LogP contribution in [0, 0.1) is 25.2 Å². The zero-order valence-corrected chi connectivity index (χ0v) is 14.6. The fraction of sp³-hybridized carbons (Fsp3) is 0.550. The van der Waals surface area contributed by atoms with Gasteiger partial charge in [-0.15, -0.1) is 0 Å². The second-order valence-electron chi connectivity index (χ2n) is 7.34. The largest absolute Gasteiger partial charge is 0.361 e. The quantitative estimate of drug-likeness (QED) is 0.754. The predicted molar refractivity (Wildman–Crippen MR) is 94.0 cm³/mol. The highest BCUT2D eigenvalue weighted by atomic mass is 16.1. The second kappa shape index (κ2) is 6.68. The number of benzene rings is 1. The van der Waals surface area contributed by atoms with Crippen molar-refractivity contribution in [2.24, 2.45) is 11.3 Å². The summed E-state index contributed by atoms with van der Waals surface area (Å²) in [6.45, 7) is 11.1. The molecule has 1 aliphatic carbocycles. The Labute approximate surface area is 135 Å². The number of anilines is 1. The first-order chi connectivity index (χ1) is 10.3. The highest BCUT2D eigenvalue weighted by Gasteiger charge is 2.33. The third kappa shape index (κ3) is 3.79. The molecule has 120 valence electrons. The van der Waals surface area contributed by atoms with E-state index in [9.17, 15) is 4.79 Å². The molecular formula is C20H29NO. The Kier molecular flexibility index (Phi) is 5.10. The highest BCUT2D eigenvalue weighted by molar-refractivity contribution is 5.96. The summed E-state index contributed by atoms with van der Waals surface area (Å²) in [6.07, 6.45) is 5.72. The molecule has 1 aliphatic rings. The van der Waals surface area contributed by atoms with Crippen LogP contribution in [0.4, 0.5) is 5.69 Å². The van der Waals surface area contributed by atoms with Crippen molar-refractivity contribution in [3.05, 3.63) is 41.1 Å². The number of ketones is 1. The van der Waals surface area contributed by atoms with Crippen molar-refractivity contribution in [1.82, 2.24) is 0 Å². The number of Topliss-reactive ketones (excluding diaryl/α,β-unsaturated/α-hetero) is 1. The average Bonchev–Trinajstić information content (AvgIpc) is 2.49. The van der Waals surface area contributed by atoms with Crippen molar-refractivity contribution >= 4 is 11.5 Å². The van der Waals surface area contributed by atoms with Crippen molar-refractivity contribution in [2.45, 2.75) is 60.3 Å². The molecule has 0 bridgehead atoms. The fourth-order valence-electron chi connectivity index (χ4n) is 3.10. The molecular weight excluding hydrogens is 270 g/mol. The van der Waals surface area contributed by atoms with Crippen LogP contribution in [-0.2, 0) is 4.79 Å². The van der Waals surface area contributed by atoms with E-state index in [2.05, 4.69) is 58.1 Å². The zero-order chi connectivity index (χ0) is 16.3. The molecule has 1 saturated carbocycles. The minimum Gasteiger partial charge on any atom is -0.361 e. The maximum Gasteiger partial charge on any atom is 0.160 e. The minimum absolute atomic E-state index is 0.305. The molecule has 1 aromatic rings. The Bertz CT molecular complexity index is 583. The van der Waals surface area contributed by atoms with Gasteiger partial charge in [-0.1, -0.05) is 39.3 Å². The lowest BCUT2D eigenvalue weighted by Crippen LogP contribution is -2.29. The summed E-state index contributed by atoms with van der Waals surface area (Å²) in [7, 11) is 0. The summed E-state index contributed by atoms with van der Waals surface area (Å²) >= 11 is 0. The lowest BCUT2D eigenvalue weighted by atomic mass is 9.68. The lowest BCUT2D eigenvalue weighted by Gasteiger charge is -2.36. The van der Waals surface area contributed by atoms with E-state index >= 15 is 0 Å². The van der Waals surface area contributed by atoms with Crippen LogP contribution in [0.5, 0.6) is 0 Å². The molecule has 2 nitrogen and oxygen atoms in total. The molecule has 0 heterocycles. The Morgan fingerprint density at radius 3 is 2.73 bits per heavy atom. The number of carbonyl (C=O) groups is 1. The summed E-state index contributed by atoms with van der Waals surface area (Å²) in [5, 5.41) is 3.36. The summed E-state index contributed by atoms with van der Waals surface area (Å²) < 4.78 is 0. The van der Waals surface area contributed by atoms with Crippen molar-refractivity contribution in [2.75, 3.05) is 5.32 Å². The normalized spacial score (nSPS) is 21.2. The van der Waals surface area contributed by atoms with Gasteiger partial charge in [0.05, 0.1) is 0 Å². The number of rotatable bonds is 4.